The molecule has 130 valence electrons. The van der Waals surface area contributed by atoms with Crippen molar-refractivity contribution in [2.75, 3.05) is 0 Å². The van der Waals surface area contributed by atoms with Gasteiger partial charge in [-0.2, -0.15) is 0 Å². The second-order valence-electron chi connectivity index (χ2n) is 6.25. The molecule has 0 spiro atoms. The third-order valence-corrected chi connectivity index (χ3v) is 4.79. The van der Waals surface area contributed by atoms with Gasteiger partial charge in [-0.15, -0.1) is 0 Å². The molecule has 4 rings (SSSR count). The zero-order valence-electron chi connectivity index (χ0n) is 14.0. The number of hydrogen-bond acceptors (Lipinski definition) is 4. The summed E-state index contributed by atoms with van der Waals surface area (Å²) in [6.07, 6.45) is 4.03. The minimum Gasteiger partial charge on any atom is -0.508 e. The van der Waals surface area contributed by atoms with E-state index in [-0.39, 0.29) is 18.0 Å². The lowest BCUT2D eigenvalue weighted by Crippen LogP contribution is -2.33. The molecule has 0 radical (unpaired) electrons. The Bertz CT molecular complexity index is 926. The van der Waals surface area contributed by atoms with E-state index in [0.717, 1.165) is 22.4 Å². The van der Waals surface area contributed by atoms with Crippen molar-refractivity contribution in [1.29, 1.82) is 0 Å². The van der Waals surface area contributed by atoms with Gasteiger partial charge >= 0.3 is 0 Å². The number of benzene rings is 2. The Balaban J connectivity index is 1.75. The molecule has 0 saturated carbocycles. The minimum absolute atomic E-state index is 0.0513. The molecule has 0 saturated heterocycles. The molecule has 0 fully saturated rings. The molecule has 2 atom stereocenters. The molecule has 2 N–H and O–H groups in total. The van der Waals surface area contributed by atoms with Crippen molar-refractivity contribution in [3.05, 3.63) is 94.8 Å². The quantitative estimate of drug-likeness (QED) is 0.711. The van der Waals surface area contributed by atoms with Crippen LogP contribution in [-0.4, -0.2) is 15.8 Å². The van der Waals surface area contributed by atoms with Gasteiger partial charge in [0.15, 0.2) is 0 Å². The first-order chi connectivity index (χ1) is 12.7. The highest BCUT2D eigenvalue weighted by molar-refractivity contribution is 6.30. The van der Waals surface area contributed by atoms with E-state index in [0.29, 0.717) is 11.4 Å². The van der Waals surface area contributed by atoms with Crippen LogP contribution in [0, 0.1) is 0 Å². The lowest BCUT2D eigenvalue weighted by Gasteiger charge is -2.30. The van der Waals surface area contributed by atoms with Crippen LogP contribution in [0.3, 0.4) is 0 Å². The normalized spacial score (nSPS) is 19.8. The predicted molar refractivity (Wildman–Crippen MR) is 104 cm³/mol. The van der Waals surface area contributed by atoms with Crippen molar-refractivity contribution < 1.29 is 5.11 Å². The zero-order chi connectivity index (χ0) is 17.9. The van der Waals surface area contributed by atoms with E-state index < -0.39 is 0 Å². The van der Waals surface area contributed by atoms with Gasteiger partial charge in [0.2, 0.25) is 0 Å². The molecular formula is C21H18ClN3O. The first-order valence-electron chi connectivity index (χ1n) is 8.47. The minimum atomic E-state index is -0.221. The van der Waals surface area contributed by atoms with E-state index in [1.807, 2.05) is 60.8 Å². The molecule has 1 aromatic heterocycles. The Morgan fingerprint density at radius 3 is 2.54 bits per heavy atom. The van der Waals surface area contributed by atoms with Gasteiger partial charge in [-0.3, -0.25) is 15.3 Å². The summed E-state index contributed by atoms with van der Waals surface area (Å²) < 4.78 is 0. The van der Waals surface area contributed by atoms with Gasteiger partial charge < -0.3 is 5.11 Å². The number of nitrogens with one attached hydrogen (secondary N) is 1. The molecule has 0 aliphatic carbocycles. The van der Waals surface area contributed by atoms with E-state index >= 15 is 0 Å². The van der Waals surface area contributed by atoms with Gasteiger partial charge in [-0.1, -0.05) is 48.0 Å². The second-order valence-corrected chi connectivity index (χ2v) is 6.69. The van der Waals surface area contributed by atoms with Crippen LogP contribution in [0.2, 0.25) is 5.02 Å². The summed E-state index contributed by atoms with van der Waals surface area (Å²) in [5, 5.41) is 14.5. The first kappa shape index (κ1) is 16.8. The molecule has 2 aromatic carbocycles. The van der Waals surface area contributed by atoms with Crippen LogP contribution in [0.5, 0.6) is 5.75 Å². The molecule has 26 heavy (non-hydrogen) atoms. The van der Waals surface area contributed by atoms with E-state index in [2.05, 4.69) is 10.3 Å². The number of aromatic hydroxyl groups is 1. The molecule has 5 heteroatoms. The fourth-order valence-corrected chi connectivity index (χ4v) is 3.34. The Labute approximate surface area is 157 Å². The molecule has 0 bridgehead atoms. The number of halogens is 1. The van der Waals surface area contributed by atoms with E-state index in [9.17, 15) is 5.11 Å². The third kappa shape index (κ3) is 3.47. The fourth-order valence-electron chi connectivity index (χ4n) is 3.21. The van der Waals surface area contributed by atoms with Gasteiger partial charge in [-0.05, 0) is 29.8 Å². The van der Waals surface area contributed by atoms with Crippen LogP contribution in [0.1, 0.15) is 35.3 Å². The SMILES string of the molecule is Oc1ccccc1C1CC(c2cccnc2)=NC(c2ccc(Cl)cc2)N1. The molecule has 1 aliphatic heterocycles. The summed E-state index contributed by atoms with van der Waals surface area (Å²) in [5.74, 6) is 0.285. The molecule has 4 nitrogen and oxygen atoms in total. The van der Waals surface area contributed by atoms with Crippen LogP contribution < -0.4 is 5.32 Å². The smallest absolute Gasteiger partial charge is 0.126 e. The molecule has 0 amide bonds. The number of pyridine rings is 1. The van der Waals surface area contributed by atoms with Crippen molar-refractivity contribution in [1.82, 2.24) is 10.3 Å². The summed E-state index contributed by atoms with van der Waals surface area (Å²) in [6, 6.07) is 19.0. The Kier molecular flexibility index (Phi) is 4.69. The summed E-state index contributed by atoms with van der Waals surface area (Å²) in [7, 11) is 0. The van der Waals surface area contributed by atoms with Crippen LogP contribution in [0.4, 0.5) is 0 Å². The van der Waals surface area contributed by atoms with Crippen molar-refractivity contribution in [2.24, 2.45) is 4.99 Å². The highest BCUT2D eigenvalue weighted by atomic mass is 35.5. The fraction of sp³-hybridized carbons (Fsp3) is 0.143. The van der Waals surface area contributed by atoms with Crippen molar-refractivity contribution in [3.63, 3.8) is 0 Å². The molecule has 2 heterocycles. The van der Waals surface area contributed by atoms with Gasteiger partial charge in [0.25, 0.3) is 0 Å². The van der Waals surface area contributed by atoms with Gasteiger partial charge in [-0.25, -0.2) is 0 Å². The number of aromatic nitrogens is 1. The van der Waals surface area contributed by atoms with Crippen LogP contribution in [-0.2, 0) is 0 Å². The number of para-hydroxylation sites is 1. The zero-order valence-corrected chi connectivity index (χ0v) is 14.8. The third-order valence-electron chi connectivity index (χ3n) is 4.53. The maximum absolute atomic E-state index is 10.3. The van der Waals surface area contributed by atoms with Crippen molar-refractivity contribution in [2.45, 2.75) is 18.6 Å². The van der Waals surface area contributed by atoms with Crippen LogP contribution in [0.15, 0.2) is 78.0 Å². The Morgan fingerprint density at radius 1 is 1.00 bits per heavy atom. The van der Waals surface area contributed by atoms with Gasteiger partial charge in [0.1, 0.15) is 11.9 Å². The number of phenols is 1. The topological polar surface area (TPSA) is 57.5 Å². The van der Waals surface area contributed by atoms with Crippen LogP contribution in [0.25, 0.3) is 0 Å². The highest BCUT2D eigenvalue weighted by Gasteiger charge is 2.27. The standard InChI is InChI=1S/C21H18ClN3O/c22-16-9-7-14(8-10-16)21-24-18(15-4-3-11-23-13-15)12-19(25-21)17-5-1-2-6-20(17)26/h1-11,13,19,21,25-26H,12H2. The number of rotatable bonds is 3. The summed E-state index contributed by atoms with van der Waals surface area (Å²) in [6.45, 7) is 0. The molecule has 1 aliphatic rings. The number of aliphatic imine (C=N–C) groups is 1. The average Bonchev–Trinajstić information content (AvgIpc) is 2.69. The molecule has 2 unspecified atom stereocenters. The van der Waals surface area contributed by atoms with E-state index in [1.165, 1.54) is 0 Å². The van der Waals surface area contributed by atoms with Gasteiger partial charge in [0.05, 0.1) is 0 Å². The van der Waals surface area contributed by atoms with Crippen molar-refractivity contribution >= 4 is 17.3 Å². The van der Waals surface area contributed by atoms with E-state index in [4.69, 9.17) is 16.6 Å². The number of phenolic OH excluding ortho intramolecular Hbond substituents is 1. The van der Waals surface area contributed by atoms with Gasteiger partial charge in [0, 0.05) is 46.7 Å². The first-order valence-corrected chi connectivity index (χ1v) is 8.85. The lowest BCUT2D eigenvalue weighted by molar-refractivity contribution is 0.412. The average molecular weight is 364 g/mol. The Hall–Kier alpha value is -2.69. The summed E-state index contributed by atoms with van der Waals surface area (Å²) >= 11 is 6.02. The maximum atomic E-state index is 10.3. The summed E-state index contributed by atoms with van der Waals surface area (Å²) in [5.41, 5.74) is 3.84. The largest absolute Gasteiger partial charge is 0.508 e. The highest BCUT2D eigenvalue weighted by Crippen LogP contribution is 2.34. The lowest BCUT2D eigenvalue weighted by atomic mass is 9.94. The molecular weight excluding hydrogens is 346 g/mol. The van der Waals surface area contributed by atoms with E-state index in [1.54, 1.807) is 12.3 Å². The maximum Gasteiger partial charge on any atom is 0.126 e. The predicted octanol–water partition coefficient (Wildman–Crippen LogP) is 4.66. The monoisotopic (exact) mass is 363 g/mol. The Morgan fingerprint density at radius 2 is 1.81 bits per heavy atom. The van der Waals surface area contributed by atoms with Crippen LogP contribution >= 0.6 is 11.6 Å². The van der Waals surface area contributed by atoms with Crippen molar-refractivity contribution in [3.8, 4) is 5.75 Å². The molecule has 3 aromatic rings. The summed E-state index contributed by atoms with van der Waals surface area (Å²) in [4.78, 5) is 9.11. The number of hydrogen-bond donors (Lipinski definition) is 2. The second kappa shape index (κ2) is 7.28. The number of nitrogens with zero attached hydrogens (tertiary/aromatic N) is 2.